The van der Waals surface area contributed by atoms with Crippen LogP contribution in [0.15, 0.2) is 59.5 Å². The van der Waals surface area contributed by atoms with Crippen molar-refractivity contribution in [3.05, 3.63) is 77.8 Å². The van der Waals surface area contributed by atoms with Gasteiger partial charge >= 0.3 is 0 Å². The summed E-state index contributed by atoms with van der Waals surface area (Å²) < 4.78 is 20.6. The Labute approximate surface area is 128 Å². The number of halogens is 1. The number of furan rings is 1. The van der Waals surface area contributed by atoms with E-state index in [0.717, 1.165) is 23.4 Å². The summed E-state index contributed by atoms with van der Waals surface area (Å²) in [7, 11) is 1.90. The quantitative estimate of drug-likeness (QED) is 0.700. The highest BCUT2D eigenvalue weighted by Crippen LogP contribution is 2.15. The van der Waals surface area contributed by atoms with Crippen LogP contribution in [0.25, 0.3) is 0 Å². The molecule has 5 heteroatoms. The Morgan fingerprint density at radius 1 is 1.14 bits per heavy atom. The van der Waals surface area contributed by atoms with Gasteiger partial charge < -0.3 is 4.42 Å². The minimum absolute atomic E-state index is 0.211. The van der Waals surface area contributed by atoms with Crippen molar-refractivity contribution in [2.75, 3.05) is 0 Å². The Bertz CT molecular complexity index is 721. The molecule has 3 rings (SSSR count). The van der Waals surface area contributed by atoms with Crippen LogP contribution in [0.5, 0.6) is 0 Å². The van der Waals surface area contributed by atoms with E-state index < -0.39 is 0 Å². The van der Waals surface area contributed by atoms with E-state index in [0.29, 0.717) is 13.1 Å². The van der Waals surface area contributed by atoms with E-state index in [1.54, 1.807) is 23.1 Å². The summed E-state index contributed by atoms with van der Waals surface area (Å²) in [6.45, 7) is 2.04. The number of nitrogens with zero attached hydrogens (tertiary/aromatic N) is 3. The third-order valence-corrected chi connectivity index (χ3v) is 3.42. The van der Waals surface area contributed by atoms with Crippen LogP contribution in [-0.2, 0) is 26.7 Å². The predicted molar refractivity (Wildman–Crippen MR) is 81.3 cm³/mol. The van der Waals surface area contributed by atoms with Crippen molar-refractivity contribution >= 4 is 0 Å². The molecule has 4 nitrogen and oxygen atoms in total. The van der Waals surface area contributed by atoms with Crippen LogP contribution in [0.3, 0.4) is 0 Å². The number of hydrogen-bond donors (Lipinski definition) is 0. The maximum Gasteiger partial charge on any atom is 0.123 e. The predicted octanol–water partition coefficient (Wildman–Crippen LogP) is 3.35. The van der Waals surface area contributed by atoms with Gasteiger partial charge in [0, 0.05) is 31.9 Å². The summed E-state index contributed by atoms with van der Waals surface area (Å²) in [5, 5.41) is 4.19. The minimum Gasteiger partial charge on any atom is -0.468 e. The fraction of sp³-hybridized carbons (Fsp3) is 0.235. The normalized spacial score (nSPS) is 11.2. The van der Waals surface area contributed by atoms with Crippen molar-refractivity contribution in [1.29, 1.82) is 0 Å². The van der Waals surface area contributed by atoms with Gasteiger partial charge in [-0.15, -0.1) is 0 Å². The van der Waals surface area contributed by atoms with Crippen molar-refractivity contribution in [1.82, 2.24) is 14.7 Å². The van der Waals surface area contributed by atoms with Gasteiger partial charge in [-0.25, -0.2) is 4.39 Å². The van der Waals surface area contributed by atoms with E-state index >= 15 is 0 Å². The van der Waals surface area contributed by atoms with E-state index in [1.165, 1.54) is 6.07 Å². The van der Waals surface area contributed by atoms with Crippen molar-refractivity contribution in [3.8, 4) is 0 Å². The van der Waals surface area contributed by atoms with Gasteiger partial charge in [0.15, 0.2) is 0 Å². The Morgan fingerprint density at radius 3 is 2.68 bits per heavy atom. The second-order valence-corrected chi connectivity index (χ2v) is 5.38. The third kappa shape index (κ3) is 3.83. The summed E-state index contributed by atoms with van der Waals surface area (Å²) in [6, 6.07) is 10.5. The van der Waals surface area contributed by atoms with Gasteiger partial charge in [-0.05, 0) is 29.8 Å². The Hall–Kier alpha value is -2.40. The molecular weight excluding hydrogens is 281 g/mol. The second-order valence-electron chi connectivity index (χ2n) is 5.38. The van der Waals surface area contributed by atoms with Gasteiger partial charge in [0.05, 0.1) is 19.0 Å². The number of hydrogen-bond acceptors (Lipinski definition) is 3. The van der Waals surface area contributed by atoms with Gasteiger partial charge in [-0.2, -0.15) is 5.10 Å². The van der Waals surface area contributed by atoms with Crippen molar-refractivity contribution < 1.29 is 8.81 Å². The SMILES string of the molecule is Cn1cc(CN(Cc2cccc(F)c2)Cc2ccco2)cn1. The maximum absolute atomic E-state index is 13.4. The summed E-state index contributed by atoms with van der Waals surface area (Å²) in [5.41, 5.74) is 2.06. The zero-order chi connectivity index (χ0) is 15.4. The van der Waals surface area contributed by atoms with Crippen molar-refractivity contribution in [2.45, 2.75) is 19.6 Å². The van der Waals surface area contributed by atoms with E-state index in [2.05, 4.69) is 10.00 Å². The summed E-state index contributed by atoms with van der Waals surface area (Å²) in [6.07, 6.45) is 5.50. The van der Waals surface area contributed by atoms with E-state index in [-0.39, 0.29) is 5.82 Å². The highest BCUT2D eigenvalue weighted by Gasteiger charge is 2.11. The molecule has 2 heterocycles. The fourth-order valence-electron chi connectivity index (χ4n) is 2.50. The zero-order valence-corrected chi connectivity index (χ0v) is 12.4. The Morgan fingerprint density at radius 2 is 2.00 bits per heavy atom. The average molecular weight is 299 g/mol. The van der Waals surface area contributed by atoms with Crippen LogP contribution >= 0.6 is 0 Å². The first kappa shape index (κ1) is 14.5. The lowest BCUT2D eigenvalue weighted by atomic mass is 10.2. The molecule has 0 saturated carbocycles. The van der Waals surface area contributed by atoms with Crippen LogP contribution in [-0.4, -0.2) is 14.7 Å². The standard InChI is InChI=1S/C17H18FN3O/c1-20-10-15(9-19-20)12-21(13-17-6-3-7-22-17)11-14-4-2-5-16(18)8-14/h2-10H,11-13H2,1H3. The number of benzene rings is 1. The van der Waals surface area contributed by atoms with Gasteiger partial charge in [0.25, 0.3) is 0 Å². The minimum atomic E-state index is -0.211. The topological polar surface area (TPSA) is 34.2 Å². The highest BCUT2D eigenvalue weighted by molar-refractivity contribution is 5.17. The van der Waals surface area contributed by atoms with Crippen LogP contribution in [0.4, 0.5) is 4.39 Å². The van der Waals surface area contributed by atoms with Gasteiger partial charge in [-0.1, -0.05) is 12.1 Å². The molecule has 3 aromatic rings. The smallest absolute Gasteiger partial charge is 0.123 e. The van der Waals surface area contributed by atoms with Gasteiger partial charge in [-0.3, -0.25) is 9.58 Å². The number of aromatic nitrogens is 2. The van der Waals surface area contributed by atoms with E-state index in [1.807, 2.05) is 37.6 Å². The molecule has 0 radical (unpaired) electrons. The van der Waals surface area contributed by atoms with Crippen molar-refractivity contribution in [2.24, 2.45) is 7.05 Å². The summed E-state index contributed by atoms with van der Waals surface area (Å²) in [5.74, 6) is 0.678. The third-order valence-electron chi connectivity index (χ3n) is 3.42. The lowest BCUT2D eigenvalue weighted by molar-refractivity contribution is 0.226. The molecule has 0 spiro atoms. The molecule has 0 unspecified atom stereocenters. The monoisotopic (exact) mass is 299 g/mol. The zero-order valence-electron chi connectivity index (χ0n) is 12.4. The van der Waals surface area contributed by atoms with Crippen LogP contribution < -0.4 is 0 Å². The molecule has 1 aromatic carbocycles. The number of rotatable bonds is 6. The lowest BCUT2D eigenvalue weighted by Gasteiger charge is -2.20. The molecule has 0 fully saturated rings. The Balaban J connectivity index is 1.75. The van der Waals surface area contributed by atoms with Gasteiger partial charge in [0.2, 0.25) is 0 Å². The molecule has 0 aliphatic carbocycles. The van der Waals surface area contributed by atoms with Crippen LogP contribution in [0.1, 0.15) is 16.9 Å². The fourth-order valence-corrected chi connectivity index (χ4v) is 2.50. The first-order valence-corrected chi connectivity index (χ1v) is 7.16. The first-order valence-electron chi connectivity index (χ1n) is 7.16. The molecule has 0 bridgehead atoms. The second kappa shape index (κ2) is 6.58. The largest absolute Gasteiger partial charge is 0.468 e. The molecule has 0 aliphatic rings. The molecule has 22 heavy (non-hydrogen) atoms. The summed E-state index contributed by atoms with van der Waals surface area (Å²) >= 11 is 0. The van der Waals surface area contributed by atoms with Crippen molar-refractivity contribution in [3.63, 3.8) is 0 Å². The molecule has 0 amide bonds. The maximum atomic E-state index is 13.4. The van der Waals surface area contributed by atoms with Crippen LogP contribution in [0, 0.1) is 5.82 Å². The molecule has 2 aromatic heterocycles. The van der Waals surface area contributed by atoms with Gasteiger partial charge in [0.1, 0.15) is 11.6 Å². The first-order chi connectivity index (χ1) is 10.7. The van der Waals surface area contributed by atoms with E-state index in [4.69, 9.17) is 4.42 Å². The molecule has 0 saturated heterocycles. The molecule has 0 aliphatic heterocycles. The molecule has 0 N–H and O–H groups in total. The number of aryl methyl sites for hydroxylation is 1. The lowest BCUT2D eigenvalue weighted by Crippen LogP contribution is -2.22. The Kier molecular flexibility index (Phi) is 4.34. The molecular formula is C17H18FN3O. The van der Waals surface area contributed by atoms with E-state index in [9.17, 15) is 4.39 Å². The highest BCUT2D eigenvalue weighted by atomic mass is 19.1. The molecule has 0 atom stereocenters. The average Bonchev–Trinajstić information content (AvgIpc) is 3.11. The van der Waals surface area contributed by atoms with Crippen LogP contribution in [0.2, 0.25) is 0 Å². The summed E-state index contributed by atoms with van der Waals surface area (Å²) in [4.78, 5) is 2.20. The molecule has 114 valence electrons.